The third-order valence-corrected chi connectivity index (χ3v) is 5.76. The molecule has 1 aromatic heterocycles. The summed E-state index contributed by atoms with van der Waals surface area (Å²) in [5.41, 5.74) is 0.489. The van der Waals surface area contributed by atoms with Crippen molar-refractivity contribution in [3.63, 3.8) is 0 Å². The molecule has 114 valence electrons. The number of benzene rings is 1. The fraction of sp³-hybridized carbons (Fsp3) is 0.308. The number of aromatic nitrogens is 1. The van der Waals surface area contributed by atoms with Crippen molar-refractivity contribution in [3.8, 4) is 0 Å². The molecule has 0 bridgehead atoms. The number of aliphatic hydroxyl groups is 1. The van der Waals surface area contributed by atoms with E-state index in [9.17, 15) is 8.42 Å². The van der Waals surface area contributed by atoms with Crippen molar-refractivity contribution in [1.82, 2.24) is 9.71 Å². The Morgan fingerprint density at radius 1 is 1.43 bits per heavy atom. The maximum Gasteiger partial charge on any atom is 0.241 e. The lowest BCUT2D eigenvalue weighted by Gasteiger charge is -2.07. The molecule has 21 heavy (non-hydrogen) atoms. The quantitative estimate of drug-likeness (QED) is 0.841. The summed E-state index contributed by atoms with van der Waals surface area (Å²) in [6.45, 7) is 1.93. The molecule has 0 saturated heterocycles. The highest BCUT2D eigenvalue weighted by Crippen LogP contribution is 2.21. The minimum atomic E-state index is -3.65. The predicted molar refractivity (Wildman–Crippen MR) is 82.9 cm³/mol. The van der Waals surface area contributed by atoms with E-state index in [4.69, 9.17) is 16.7 Å². The molecule has 0 aliphatic heterocycles. The summed E-state index contributed by atoms with van der Waals surface area (Å²) in [4.78, 5) is 5.34. The molecule has 0 aliphatic carbocycles. The van der Waals surface area contributed by atoms with E-state index in [1.54, 1.807) is 6.20 Å². The second-order valence-corrected chi connectivity index (χ2v) is 7.68. The topological polar surface area (TPSA) is 79.3 Å². The molecule has 0 unspecified atom stereocenters. The van der Waals surface area contributed by atoms with Crippen molar-refractivity contribution in [3.05, 3.63) is 44.9 Å². The van der Waals surface area contributed by atoms with Gasteiger partial charge < -0.3 is 5.11 Å². The van der Waals surface area contributed by atoms with Crippen LogP contribution in [0.3, 0.4) is 0 Å². The Morgan fingerprint density at radius 2 is 2.19 bits per heavy atom. The van der Waals surface area contributed by atoms with Crippen LogP contribution in [-0.2, 0) is 29.6 Å². The lowest BCUT2D eigenvalue weighted by atomic mass is 10.2. The lowest BCUT2D eigenvalue weighted by molar-refractivity contribution is 0.282. The monoisotopic (exact) mass is 346 g/mol. The van der Waals surface area contributed by atoms with Gasteiger partial charge in [0.2, 0.25) is 10.0 Å². The lowest BCUT2D eigenvalue weighted by Crippen LogP contribution is -2.23. The third kappa shape index (κ3) is 4.02. The molecule has 0 saturated carbocycles. The molecular formula is C13H15ClN2O3S2. The number of nitrogens with one attached hydrogen (secondary N) is 1. The van der Waals surface area contributed by atoms with Gasteiger partial charge in [-0.25, -0.2) is 18.1 Å². The number of halogens is 1. The Morgan fingerprint density at radius 3 is 2.76 bits per heavy atom. The Labute approximate surface area is 132 Å². The average Bonchev–Trinajstić information content (AvgIpc) is 2.93. The summed E-state index contributed by atoms with van der Waals surface area (Å²) in [6.07, 6.45) is 2.63. The molecule has 1 aromatic carbocycles. The molecule has 2 aromatic rings. The van der Waals surface area contributed by atoms with Gasteiger partial charge in [0.15, 0.2) is 0 Å². The van der Waals surface area contributed by atoms with E-state index in [2.05, 4.69) is 9.71 Å². The summed E-state index contributed by atoms with van der Waals surface area (Å²) in [5, 5.41) is 9.97. The van der Waals surface area contributed by atoms with Crippen LogP contribution in [0.25, 0.3) is 0 Å². The first kappa shape index (κ1) is 16.4. The minimum Gasteiger partial charge on any atom is -0.392 e. The van der Waals surface area contributed by atoms with E-state index in [1.807, 2.05) is 6.92 Å². The zero-order chi connectivity index (χ0) is 15.5. The van der Waals surface area contributed by atoms with Gasteiger partial charge in [0.25, 0.3) is 0 Å². The predicted octanol–water partition coefficient (Wildman–Crippen LogP) is 2.33. The zero-order valence-corrected chi connectivity index (χ0v) is 13.7. The molecule has 2 rings (SSSR count). The average molecular weight is 347 g/mol. The van der Waals surface area contributed by atoms with Gasteiger partial charge in [0.05, 0.1) is 18.0 Å². The normalized spacial score (nSPS) is 11.8. The van der Waals surface area contributed by atoms with E-state index >= 15 is 0 Å². The van der Waals surface area contributed by atoms with Crippen molar-refractivity contribution < 1.29 is 13.5 Å². The van der Waals surface area contributed by atoms with Gasteiger partial charge in [-0.05, 0) is 24.1 Å². The van der Waals surface area contributed by atoms with Crippen LogP contribution in [0, 0.1) is 0 Å². The molecule has 8 heteroatoms. The molecular weight excluding hydrogens is 332 g/mol. The van der Waals surface area contributed by atoms with E-state index in [0.29, 0.717) is 10.6 Å². The SMILES string of the molecule is CCc1cnc(CNS(=O)(=O)c2ccc(CO)c(Cl)c2)s1. The van der Waals surface area contributed by atoms with Crippen LogP contribution in [0.4, 0.5) is 0 Å². The second kappa shape index (κ2) is 6.85. The molecule has 0 spiro atoms. The zero-order valence-electron chi connectivity index (χ0n) is 11.3. The number of hydrogen-bond acceptors (Lipinski definition) is 5. The van der Waals surface area contributed by atoms with Crippen molar-refractivity contribution in [1.29, 1.82) is 0 Å². The van der Waals surface area contributed by atoms with E-state index < -0.39 is 10.0 Å². The molecule has 5 nitrogen and oxygen atoms in total. The second-order valence-electron chi connectivity index (χ2n) is 4.31. The van der Waals surface area contributed by atoms with Crippen LogP contribution in [0.15, 0.2) is 29.3 Å². The molecule has 0 radical (unpaired) electrons. The highest BCUT2D eigenvalue weighted by atomic mass is 35.5. The Hall–Kier alpha value is -0.990. The van der Waals surface area contributed by atoms with Gasteiger partial charge in [0, 0.05) is 16.1 Å². The summed E-state index contributed by atoms with van der Waals surface area (Å²) in [5.74, 6) is 0. The summed E-state index contributed by atoms with van der Waals surface area (Å²) in [7, 11) is -3.65. The third-order valence-electron chi connectivity index (χ3n) is 2.87. The first-order valence-electron chi connectivity index (χ1n) is 6.28. The number of sulfonamides is 1. The van der Waals surface area contributed by atoms with Crippen LogP contribution in [0.2, 0.25) is 5.02 Å². The highest BCUT2D eigenvalue weighted by molar-refractivity contribution is 7.89. The Balaban J connectivity index is 2.12. The number of aryl methyl sites for hydroxylation is 1. The van der Waals surface area contributed by atoms with Gasteiger partial charge in [-0.1, -0.05) is 24.6 Å². The molecule has 2 N–H and O–H groups in total. The maximum atomic E-state index is 12.2. The fourth-order valence-electron chi connectivity index (χ4n) is 1.66. The molecule has 0 fully saturated rings. The van der Waals surface area contributed by atoms with E-state index in [-0.39, 0.29) is 23.1 Å². The van der Waals surface area contributed by atoms with Crippen molar-refractivity contribution in [2.75, 3.05) is 0 Å². The highest BCUT2D eigenvalue weighted by Gasteiger charge is 2.16. The van der Waals surface area contributed by atoms with Gasteiger partial charge in [0.1, 0.15) is 5.01 Å². The molecule has 1 heterocycles. The number of rotatable bonds is 6. The summed E-state index contributed by atoms with van der Waals surface area (Å²) < 4.78 is 26.8. The van der Waals surface area contributed by atoms with Crippen LogP contribution >= 0.6 is 22.9 Å². The van der Waals surface area contributed by atoms with E-state index in [1.165, 1.54) is 29.5 Å². The van der Waals surface area contributed by atoms with Gasteiger partial charge in [-0.3, -0.25) is 0 Å². The fourth-order valence-corrected chi connectivity index (χ4v) is 3.87. The smallest absolute Gasteiger partial charge is 0.241 e. The van der Waals surface area contributed by atoms with Gasteiger partial charge in [-0.2, -0.15) is 0 Å². The van der Waals surface area contributed by atoms with Crippen LogP contribution in [-0.4, -0.2) is 18.5 Å². The number of thiazole rings is 1. The Kier molecular flexibility index (Phi) is 5.34. The first-order chi connectivity index (χ1) is 9.96. The Bertz CT molecular complexity index is 729. The first-order valence-corrected chi connectivity index (χ1v) is 8.96. The molecule has 0 aliphatic rings. The van der Waals surface area contributed by atoms with Crippen molar-refractivity contribution in [2.45, 2.75) is 31.4 Å². The van der Waals surface area contributed by atoms with Crippen LogP contribution in [0.5, 0.6) is 0 Å². The van der Waals surface area contributed by atoms with Gasteiger partial charge >= 0.3 is 0 Å². The standard InChI is InChI=1S/C13H15ClN2O3S2/c1-2-10-6-15-13(20-10)7-16-21(18,19)11-4-3-9(8-17)12(14)5-11/h3-6,16-17H,2,7-8H2,1H3. The number of nitrogens with zero attached hydrogens (tertiary/aromatic N) is 1. The largest absolute Gasteiger partial charge is 0.392 e. The van der Waals surface area contributed by atoms with E-state index in [0.717, 1.165) is 11.3 Å². The van der Waals surface area contributed by atoms with Crippen LogP contribution < -0.4 is 4.72 Å². The van der Waals surface area contributed by atoms with Crippen LogP contribution in [0.1, 0.15) is 22.4 Å². The molecule has 0 amide bonds. The summed E-state index contributed by atoms with van der Waals surface area (Å²) in [6, 6.07) is 4.24. The summed E-state index contributed by atoms with van der Waals surface area (Å²) >= 11 is 7.39. The maximum absolute atomic E-state index is 12.2. The van der Waals surface area contributed by atoms with Gasteiger partial charge in [-0.15, -0.1) is 11.3 Å². The van der Waals surface area contributed by atoms with Crippen molar-refractivity contribution >= 4 is 33.0 Å². The number of aliphatic hydroxyl groups excluding tert-OH is 1. The minimum absolute atomic E-state index is 0.0666. The number of hydrogen-bond donors (Lipinski definition) is 2. The van der Waals surface area contributed by atoms with Crippen molar-refractivity contribution in [2.24, 2.45) is 0 Å². The molecule has 0 atom stereocenters.